The molecular formula is C18H18BrFN2O5S. The van der Waals surface area contributed by atoms with Gasteiger partial charge in [0.05, 0.1) is 16.1 Å². The third kappa shape index (κ3) is 4.57. The van der Waals surface area contributed by atoms with Crippen LogP contribution in [0, 0.1) is 5.82 Å². The number of amides is 1. The van der Waals surface area contributed by atoms with E-state index in [4.69, 9.17) is 5.11 Å². The van der Waals surface area contributed by atoms with Crippen molar-refractivity contribution in [2.24, 2.45) is 0 Å². The summed E-state index contributed by atoms with van der Waals surface area (Å²) in [6, 6.07) is 6.95. The minimum Gasteiger partial charge on any atom is -0.478 e. The molecule has 7 nitrogen and oxygen atoms in total. The molecular weight excluding hydrogens is 455 g/mol. The number of hydrogen-bond acceptors (Lipinski definition) is 4. The first-order valence-electron chi connectivity index (χ1n) is 8.25. The van der Waals surface area contributed by atoms with Crippen LogP contribution in [-0.2, 0) is 10.0 Å². The minimum absolute atomic E-state index is 0.00888. The van der Waals surface area contributed by atoms with Gasteiger partial charge in [0.1, 0.15) is 5.82 Å². The van der Waals surface area contributed by atoms with Gasteiger partial charge in [-0.1, -0.05) is 13.8 Å². The average molecular weight is 473 g/mol. The highest BCUT2D eigenvalue weighted by molar-refractivity contribution is 9.10. The van der Waals surface area contributed by atoms with Crippen LogP contribution in [0.3, 0.4) is 0 Å². The predicted molar refractivity (Wildman–Crippen MR) is 106 cm³/mol. The molecule has 1 amide bonds. The molecule has 28 heavy (non-hydrogen) atoms. The number of carbonyl (C=O) groups is 2. The summed E-state index contributed by atoms with van der Waals surface area (Å²) in [5, 5.41) is 11.5. The Balaban J connectivity index is 2.43. The molecule has 2 rings (SSSR count). The Hall–Kier alpha value is -2.30. The van der Waals surface area contributed by atoms with Crippen LogP contribution in [0.2, 0.25) is 0 Å². The second-order valence-electron chi connectivity index (χ2n) is 5.68. The maximum atomic E-state index is 13.3. The molecule has 0 radical (unpaired) electrons. The maximum Gasteiger partial charge on any atom is 0.337 e. The third-order valence-corrected chi connectivity index (χ3v) is 7.02. The fourth-order valence-corrected chi connectivity index (χ4v) is 4.95. The van der Waals surface area contributed by atoms with Crippen molar-refractivity contribution in [3.63, 3.8) is 0 Å². The molecule has 0 aromatic heterocycles. The predicted octanol–water partition coefficient (Wildman–Crippen LogP) is 3.57. The summed E-state index contributed by atoms with van der Waals surface area (Å²) in [7, 11) is -3.83. The van der Waals surface area contributed by atoms with Crippen molar-refractivity contribution < 1.29 is 27.5 Å². The van der Waals surface area contributed by atoms with Gasteiger partial charge in [0.25, 0.3) is 5.91 Å². The lowest BCUT2D eigenvalue weighted by Gasteiger charge is -2.19. The van der Waals surface area contributed by atoms with E-state index in [2.05, 4.69) is 21.2 Å². The Morgan fingerprint density at radius 3 is 2.36 bits per heavy atom. The lowest BCUT2D eigenvalue weighted by atomic mass is 10.1. The van der Waals surface area contributed by atoms with E-state index in [0.29, 0.717) is 4.47 Å². The number of carboxylic acid groups (broad SMARTS) is 1. The number of nitrogens with one attached hydrogen (secondary N) is 1. The van der Waals surface area contributed by atoms with Crippen LogP contribution in [0.15, 0.2) is 45.8 Å². The average Bonchev–Trinajstić information content (AvgIpc) is 2.63. The molecule has 2 aromatic rings. The molecule has 0 unspecified atom stereocenters. The van der Waals surface area contributed by atoms with Gasteiger partial charge in [-0.05, 0) is 52.3 Å². The third-order valence-electron chi connectivity index (χ3n) is 3.98. The molecule has 0 aliphatic rings. The summed E-state index contributed by atoms with van der Waals surface area (Å²) in [5.41, 5.74) is -0.508. The van der Waals surface area contributed by atoms with Crippen LogP contribution in [0.1, 0.15) is 34.6 Å². The van der Waals surface area contributed by atoms with Crippen LogP contribution in [0.5, 0.6) is 0 Å². The van der Waals surface area contributed by atoms with Gasteiger partial charge in [-0.15, -0.1) is 0 Å². The standard InChI is InChI=1S/C18H18BrFN2O5S/c1-3-22(4-2)28(26,27)16-9-11(5-7-14(16)19)17(23)21-15-8-6-12(20)10-13(15)18(24)25/h5-10H,3-4H2,1-2H3,(H,21,23)(H,24,25). The van der Waals surface area contributed by atoms with Crippen molar-refractivity contribution in [2.75, 3.05) is 18.4 Å². The normalized spacial score (nSPS) is 11.5. The lowest BCUT2D eigenvalue weighted by Crippen LogP contribution is -2.31. The quantitative estimate of drug-likeness (QED) is 0.640. The minimum atomic E-state index is -3.83. The molecule has 0 saturated carbocycles. The van der Waals surface area contributed by atoms with Crippen molar-refractivity contribution in [2.45, 2.75) is 18.7 Å². The van der Waals surface area contributed by atoms with E-state index in [1.54, 1.807) is 13.8 Å². The number of carbonyl (C=O) groups excluding carboxylic acids is 1. The van der Waals surface area contributed by atoms with Gasteiger partial charge in [-0.2, -0.15) is 4.31 Å². The maximum absolute atomic E-state index is 13.3. The molecule has 2 N–H and O–H groups in total. The number of hydrogen-bond donors (Lipinski definition) is 2. The van der Waals surface area contributed by atoms with Crippen LogP contribution < -0.4 is 5.32 Å². The highest BCUT2D eigenvalue weighted by atomic mass is 79.9. The van der Waals surface area contributed by atoms with E-state index in [1.165, 1.54) is 22.5 Å². The van der Waals surface area contributed by atoms with E-state index in [9.17, 15) is 22.4 Å². The molecule has 2 aromatic carbocycles. The summed E-state index contributed by atoms with van der Waals surface area (Å²) in [5.74, 6) is -2.89. The molecule has 10 heteroatoms. The highest BCUT2D eigenvalue weighted by Crippen LogP contribution is 2.27. The Bertz CT molecular complexity index is 1020. The molecule has 0 aliphatic carbocycles. The van der Waals surface area contributed by atoms with Crippen molar-refractivity contribution in [3.8, 4) is 0 Å². The molecule has 0 atom stereocenters. The van der Waals surface area contributed by atoms with Gasteiger partial charge < -0.3 is 10.4 Å². The van der Waals surface area contributed by atoms with Crippen molar-refractivity contribution in [1.29, 1.82) is 0 Å². The Kier molecular flexibility index (Phi) is 6.91. The summed E-state index contributed by atoms with van der Waals surface area (Å²) >= 11 is 3.19. The van der Waals surface area contributed by atoms with Crippen molar-refractivity contribution in [1.82, 2.24) is 4.31 Å². The Morgan fingerprint density at radius 2 is 1.79 bits per heavy atom. The zero-order valence-electron chi connectivity index (χ0n) is 15.1. The van der Waals surface area contributed by atoms with Crippen LogP contribution in [0.4, 0.5) is 10.1 Å². The molecule has 0 heterocycles. The monoisotopic (exact) mass is 472 g/mol. The van der Waals surface area contributed by atoms with E-state index in [-0.39, 0.29) is 29.2 Å². The SMILES string of the molecule is CCN(CC)S(=O)(=O)c1cc(C(=O)Nc2ccc(F)cc2C(=O)O)ccc1Br. The number of anilines is 1. The summed E-state index contributed by atoms with van der Waals surface area (Å²) < 4.78 is 40.4. The zero-order chi connectivity index (χ0) is 21.1. The number of halogens is 2. The number of benzene rings is 2. The van der Waals surface area contributed by atoms with Crippen LogP contribution >= 0.6 is 15.9 Å². The Labute approximate surface area is 170 Å². The second-order valence-corrected chi connectivity index (χ2v) is 8.44. The van der Waals surface area contributed by atoms with Gasteiger partial charge in [0.15, 0.2) is 0 Å². The van der Waals surface area contributed by atoms with E-state index >= 15 is 0 Å². The zero-order valence-corrected chi connectivity index (χ0v) is 17.5. The molecule has 150 valence electrons. The molecule has 0 spiro atoms. The first kappa shape index (κ1) is 22.0. The first-order valence-corrected chi connectivity index (χ1v) is 10.5. The molecule has 0 fully saturated rings. The molecule has 0 saturated heterocycles. The van der Waals surface area contributed by atoms with E-state index < -0.39 is 33.3 Å². The van der Waals surface area contributed by atoms with Gasteiger partial charge in [0, 0.05) is 23.1 Å². The number of aromatic carboxylic acids is 1. The number of rotatable bonds is 7. The first-order chi connectivity index (χ1) is 13.1. The second kappa shape index (κ2) is 8.80. The summed E-state index contributed by atoms with van der Waals surface area (Å²) in [4.78, 5) is 23.7. The summed E-state index contributed by atoms with van der Waals surface area (Å²) in [6.07, 6.45) is 0. The van der Waals surface area contributed by atoms with Crippen LogP contribution in [0.25, 0.3) is 0 Å². The van der Waals surface area contributed by atoms with Crippen molar-refractivity contribution in [3.05, 3.63) is 57.8 Å². The van der Waals surface area contributed by atoms with E-state index in [0.717, 1.165) is 18.2 Å². The number of nitrogens with zero attached hydrogens (tertiary/aromatic N) is 1. The van der Waals surface area contributed by atoms with Gasteiger partial charge in [0.2, 0.25) is 10.0 Å². The molecule has 0 aliphatic heterocycles. The summed E-state index contributed by atoms with van der Waals surface area (Å²) in [6.45, 7) is 3.93. The van der Waals surface area contributed by atoms with Gasteiger partial charge in [-0.3, -0.25) is 4.79 Å². The fraction of sp³-hybridized carbons (Fsp3) is 0.222. The van der Waals surface area contributed by atoms with E-state index in [1.807, 2.05) is 0 Å². The largest absolute Gasteiger partial charge is 0.478 e. The van der Waals surface area contributed by atoms with Gasteiger partial charge >= 0.3 is 5.97 Å². The fourth-order valence-electron chi connectivity index (χ4n) is 2.54. The van der Waals surface area contributed by atoms with Gasteiger partial charge in [-0.25, -0.2) is 17.6 Å². The number of carboxylic acids is 1. The van der Waals surface area contributed by atoms with Crippen molar-refractivity contribution >= 4 is 43.5 Å². The number of sulfonamides is 1. The lowest BCUT2D eigenvalue weighted by molar-refractivity contribution is 0.0697. The Morgan fingerprint density at radius 1 is 1.14 bits per heavy atom. The topological polar surface area (TPSA) is 104 Å². The highest BCUT2D eigenvalue weighted by Gasteiger charge is 2.25. The van der Waals surface area contributed by atoms with Crippen LogP contribution in [-0.4, -0.2) is 42.8 Å². The molecule has 0 bridgehead atoms. The smallest absolute Gasteiger partial charge is 0.337 e.